The highest BCUT2D eigenvalue weighted by molar-refractivity contribution is 7.89. The Morgan fingerprint density at radius 3 is 2.38 bits per heavy atom. The van der Waals surface area contributed by atoms with Crippen LogP contribution in [0.25, 0.3) is 0 Å². The summed E-state index contributed by atoms with van der Waals surface area (Å²) in [6.07, 6.45) is 0. The van der Waals surface area contributed by atoms with Gasteiger partial charge in [0.15, 0.2) is 5.96 Å². The molecule has 0 saturated heterocycles. The van der Waals surface area contributed by atoms with Crippen molar-refractivity contribution in [1.82, 2.24) is 14.9 Å². The molecule has 0 radical (unpaired) electrons. The molecule has 0 bridgehead atoms. The normalized spacial score (nSPS) is 11.9. The van der Waals surface area contributed by atoms with E-state index in [1.807, 2.05) is 50.1 Å². The summed E-state index contributed by atoms with van der Waals surface area (Å²) in [5.74, 6) is 1.57. The number of benzene rings is 2. The van der Waals surface area contributed by atoms with Crippen molar-refractivity contribution in [2.45, 2.75) is 25.3 Å². The largest absolute Gasteiger partial charge is 0.494 e. The molecule has 7 nitrogen and oxygen atoms in total. The van der Waals surface area contributed by atoms with Gasteiger partial charge >= 0.3 is 0 Å². The average molecular weight is 419 g/mol. The lowest BCUT2D eigenvalue weighted by atomic mass is 10.2. The van der Waals surface area contributed by atoms with Crippen molar-refractivity contribution in [2.24, 2.45) is 4.99 Å². The molecule has 0 spiro atoms. The molecule has 0 fully saturated rings. The summed E-state index contributed by atoms with van der Waals surface area (Å²) < 4.78 is 32.6. The highest BCUT2D eigenvalue weighted by Crippen LogP contribution is 2.13. The molecule has 0 aromatic heterocycles. The minimum Gasteiger partial charge on any atom is -0.494 e. The standard InChI is InChI=1S/C21H30N4O3S/c1-4-22-21(25(3)17-18-11-13-19(14-12-18)28-5-2)23-15-16-24-29(26,27)20-9-7-6-8-10-20/h6-14,24H,4-5,15-17H2,1-3H3,(H,22,23). The van der Waals surface area contributed by atoms with Crippen LogP contribution in [0, 0.1) is 0 Å². The topological polar surface area (TPSA) is 83.0 Å². The zero-order valence-electron chi connectivity index (χ0n) is 17.3. The van der Waals surface area contributed by atoms with E-state index in [-0.39, 0.29) is 11.4 Å². The Hall–Kier alpha value is -2.58. The van der Waals surface area contributed by atoms with Gasteiger partial charge < -0.3 is 15.0 Å². The number of guanidine groups is 1. The summed E-state index contributed by atoms with van der Waals surface area (Å²) in [7, 11) is -1.56. The molecule has 0 saturated carbocycles. The minimum atomic E-state index is -3.51. The predicted molar refractivity (Wildman–Crippen MR) is 117 cm³/mol. The fourth-order valence-corrected chi connectivity index (χ4v) is 3.74. The third-order valence-electron chi connectivity index (χ3n) is 4.07. The van der Waals surface area contributed by atoms with Crippen LogP contribution in [0.5, 0.6) is 5.75 Å². The number of sulfonamides is 1. The van der Waals surface area contributed by atoms with Crippen LogP contribution < -0.4 is 14.8 Å². The van der Waals surface area contributed by atoms with E-state index in [2.05, 4.69) is 15.0 Å². The Labute approximate surface area is 173 Å². The molecule has 158 valence electrons. The molecule has 0 atom stereocenters. The van der Waals surface area contributed by atoms with E-state index in [1.54, 1.807) is 30.3 Å². The number of hydrogen-bond acceptors (Lipinski definition) is 4. The monoisotopic (exact) mass is 418 g/mol. The van der Waals surface area contributed by atoms with Gasteiger partial charge in [-0.3, -0.25) is 4.99 Å². The fraction of sp³-hybridized carbons (Fsp3) is 0.381. The van der Waals surface area contributed by atoms with Crippen molar-refractivity contribution < 1.29 is 13.2 Å². The third-order valence-corrected chi connectivity index (χ3v) is 5.55. The molecule has 2 rings (SSSR count). The van der Waals surface area contributed by atoms with Gasteiger partial charge in [0, 0.05) is 26.7 Å². The molecule has 0 heterocycles. The molecule has 2 aromatic rings. The minimum absolute atomic E-state index is 0.225. The molecular weight excluding hydrogens is 388 g/mol. The molecule has 0 aliphatic heterocycles. The zero-order chi connectivity index (χ0) is 21.1. The predicted octanol–water partition coefficient (Wildman–Crippen LogP) is 2.46. The first-order valence-corrected chi connectivity index (χ1v) is 11.2. The second kappa shape index (κ2) is 11.4. The van der Waals surface area contributed by atoms with E-state index in [9.17, 15) is 8.42 Å². The Morgan fingerprint density at radius 2 is 1.76 bits per heavy atom. The second-order valence-corrected chi connectivity index (χ2v) is 8.15. The first kappa shape index (κ1) is 22.7. The molecule has 29 heavy (non-hydrogen) atoms. The van der Waals surface area contributed by atoms with Crippen molar-refractivity contribution in [1.29, 1.82) is 0 Å². The summed E-state index contributed by atoms with van der Waals surface area (Å²) in [5, 5.41) is 3.24. The van der Waals surface area contributed by atoms with Crippen LogP contribution >= 0.6 is 0 Å². The third kappa shape index (κ3) is 7.40. The zero-order valence-corrected chi connectivity index (χ0v) is 18.1. The van der Waals surface area contributed by atoms with Gasteiger partial charge in [0.25, 0.3) is 0 Å². The first-order valence-electron chi connectivity index (χ1n) is 9.72. The number of aliphatic imine (C=N–C) groups is 1. The van der Waals surface area contributed by atoms with Gasteiger partial charge in [-0.1, -0.05) is 30.3 Å². The Balaban J connectivity index is 1.92. The van der Waals surface area contributed by atoms with Crippen LogP contribution in [0.4, 0.5) is 0 Å². The van der Waals surface area contributed by atoms with Crippen molar-refractivity contribution in [3.8, 4) is 5.75 Å². The van der Waals surface area contributed by atoms with E-state index < -0.39 is 10.0 Å². The summed E-state index contributed by atoms with van der Waals surface area (Å²) in [6.45, 7) is 6.56. The number of ether oxygens (including phenoxy) is 1. The Kier molecular flexibility index (Phi) is 8.95. The van der Waals surface area contributed by atoms with E-state index in [0.29, 0.717) is 19.7 Å². The van der Waals surface area contributed by atoms with Crippen molar-refractivity contribution >= 4 is 16.0 Å². The van der Waals surface area contributed by atoms with Crippen LogP contribution in [0.2, 0.25) is 0 Å². The molecule has 0 aliphatic carbocycles. The van der Waals surface area contributed by atoms with Crippen molar-refractivity contribution in [3.63, 3.8) is 0 Å². The lowest BCUT2D eigenvalue weighted by molar-refractivity contribution is 0.340. The average Bonchev–Trinajstić information content (AvgIpc) is 2.72. The summed E-state index contributed by atoms with van der Waals surface area (Å²) in [5.41, 5.74) is 1.13. The molecule has 2 aromatic carbocycles. The van der Waals surface area contributed by atoms with Crippen LogP contribution in [0.1, 0.15) is 19.4 Å². The van der Waals surface area contributed by atoms with Gasteiger partial charge in [-0.05, 0) is 43.7 Å². The highest BCUT2D eigenvalue weighted by atomic mass is 32.2. The maximum atomic E-state index is 12.3. The van der Waals surface area contributed by atoms with E-state index in [0.717, 1.165) is 23.8 Å². The lowest BCUT2D eigenvalue weighted by Gasteiger charge is -2.22. The van der Waals surface area contributed by atoms with Gasteiger partial charge in [-0.25, -0.2) is 13.1 Å². The summed E-state index contributed by atoms with van der Waals surface area (Å²) in [4.78, 5) is 6.79. The highest BCUT2D eigenvalue weighted by Gasteiger charge is 2.12. The number of rotatable bonds is 10. The van der Waals surface area contributed by atoms with Crippen LogP contribution in [0.15, 0.2) is 64.5 Å². The Morgan fingerprint density at radius 1 is 1.07 bits per heavy atom. The van der Waals surface area contributed by atoms with Crippen LogP contribution in [-0.4, -0.2) is 52.6 Å². The lowest BCUT2D eigenvalue weighted by Crippen LogP contribution is -2.39. The van der Waals surface area contributed by atoms with Crippen LogP contribution in [0.3, 0.4) is 0 Å². The maximum absolute atomic E-state index is 12.3. The fourth-order valence-electron chi connectivity index (χ4n) is 2.70. The first-order chi connectivity index (χ1) is 14.0. The van der Waals surface area contributed by atoms with E-state index in [1.165, 1.54) is 0 Å². The van der Waals surface area contributed by atoms with Gasteiger partial charge in [-0.15, -0.1) is 0 Å². The SMILES string of the molecule is CCNC(=NCCNS(=O)(=O)c1ccccc1)N(C)Cc1ccc(OCC)cc1. The van der Waals surface area contributed by atoms with Gasteiger partial charge in [0.05, 0.1) is 18.0 Å². The summed E-state index contributed by atoms with van der Waals surface area (Å²) >= 11 is 0. The Bertz CT molecular complexity index is 869. The summed E-state index contributed by atoms with van der Waals surface area (Å²) in [6, 6.07) is 16.3. The number of nitrogens with one attached hydrogen (secondary N) is 2. The van der Waals surface area contributed by atoms with Crippen molar-refractivity contribution in [3.05, 3.63) is 60.2 Å². The van der Waals surface area contributed by atoms with E-state index >= 15 is 0 Å². The quantitative estimate of drug-likeness (QED) is 0.352. The molecule has 0 aliphatic rings. The molecule has 2 N–H and O–H groups in total. The molecular formula is C21H30N4O3S. The number of hydrogen-bond donors (Lipinski definition) is 2. The van der Waals surface area contributed by atoms with Gasteiger partial charge in [0.2, 0.25) is 10.0 Å². The smallest absolute Gasteiger partial charge is 0.240 e. The molecule has 0 amide bonds. The maximum Gasteiger partial charge on any atom is 0.240 e. The number of nitrogens with zero attached hydrogens (tertiary/aromatic N) is 2. The molecule has 0 unspecified atom stereocenters. The van der Waals surface area contributed by atoms with Crippen LogP contribution in [-0.2, 0) is 16.6 Å². The van der Waals surface area contributed by atoms with E-state index in [4.69, 9.17) is 4.74 Å². The van der Waals surface area contributed by atoms with Gasteiger partial charge in [0.1, 0.15) is 5.75 Å². The molecule has 8 heteroatoms. The second-order valence-electron chi connectivity index (χ2n) is 6.38. The van der Waals surface area contributed by atoms with Crippen molar-refractivity contribution in [2.75, 3.05) is 33.3 Å². The van der Waals surface area contributed by atoms with Gasteiger partial charge in [-0.2, -0.15) is 0 Å².